The number of amides is 2. The van der Waals surface area contributed by atoms with E-state index in [0.717, 1.165) is 25.0 Å². The summed E-state index contributed by atoms with van der Waals surface area (Å²) >= 11 is 0. The molecule has 28 heavy (non-hydrogen) atoms. The molecule has 1 saturated carbocycles. The highest BCUT2D eigenvalue weighted by Gasteiger charge is 2.40. The second-order valence-electron chi connectivity index (χ2n) is 7.19. The minimum Gasteiger partial charge on any atom is -0.360 e. The van der Waals surface area contributed by atoms with E-state index in [1.165, 1.54) is 12.1 Å². The van der Waals surface area contributed by atoms with Crippen LogP contribution in [0.5, 0.6) is 0 Å². The van der Waals surface area contributed by atoms with Crippen LogP contribution in [0.1, 0.15) is 40.9 Å². The fourth-order valence-electron chi connectivity index (χ4n) is 3.48. The van der Waals surface area contributed by atoms with Crippen molar-refractivity contribution in [2.24, 2.45) is 0 Å². The summed E-state index contributed by atoms with van der Waals surface area (Å²) in [5.74, 6) is -0.169. The minimum absolute atomic E-state index is 0.0257. The van der Waals surface area contributed by atoms with Crippen molar-refractivity contribution in [2.45, 2.75) is 44.4 Å². The number of nitrogens with zero attached hydrogens (tertiary/aromatic N) is 2. The number of aryl methyl sites for hydroxylation is 1. The number of halogens is 3. The molecule has 2 amide bonds. The number of alkyl halides is 3. The van der Waals surface area contributed by atoms with E-state index in [-0.39, 0.29) is 41.4 Å². The fraction of sp³-hybridized carbons (Fsp3) is 0.421. The van der Waals surface area contributed by atoms with Crippen molar-refractivity contribution in [1.29, 1.82) is 0 Å². The van der Waals surface area contributed by atoms with E-state index in [4.69, 9.17) is 4.52 Å². The highest BCUT2D eigenvalue weighted by atomic mass is 19.4. The summed E-state index contributed by atoms with van der Waals surface area (Å²) in [5, 5.41) is 6.68. The van der Waals surface area contributed by atoms with Gasteiger partial charge in [0.1, 0.15) is 17.0 Å². The molecule has 4 rings (SSSR count). The molecule has 0 spiro atoms. The van der Waals surface area contributed by atoms with E-state index in [1.807, 2.05) is 0 Å². The van der Waals surface area contributed by atoms with Crippen molar-refractivity contribution in [2.75, 3.05) is 6.54 Å². The summed E-state index contributed by atoms with van der Waals surface area (Å²) in [7, 11) is 0. The standard InChI is InChI=1S/C19H18F3N3O3/c1-10-16(18(27)23-13-8-15(26)25(9-13)14-6-7-14)17(24-28-10)11-2-4-12(5-3-11)19(20,21)22/h2-5,13-14H,6-9H2,1H3,(H,23,27). The van der Waals surface area contributed by atoms with Crippen LogP contribution < -0.4 is 5.32 Å². The van der Waals surface area contributed by atoms with Crippen molar-refractivity contribution in [1.82, 2.24) is 15.4 Å². The number of hydrogen-bond acceptors (Lipinski definition) is 4. The van der Waals surface area contributed by atoms with Gasteiger partial charge in [0, 0.05) is 24.6 Å². The third kappa shape index (κ3) is 3.48. The molecule has 1 aromatic heterocycles. The van der Waals surface area contributed by atoms with Crippen LogP contribution >= 0.6 is 0 Å². The Kier molecular flexibility index (Phi) is 4.40. The normalized spacial score (nSPS) is 19.9. The van der Waals surface area contributed by atoms with Crippen LogP contribution in [0.3, 0.4) is 0 Å². The van der Waals surface area contributed by atoms with Gasteiger partial charge in [-0.3, -0.25) is 9.59 Å². The van der Waals surface area contributed by atoms with Gasteiger partial charge in [0.2, 0.25) is 5.91 Å². The van der Waals surface area contributed by atoms with Gasteiger partial charge >= 0.3 is 6.18 Å². The Morgan fingerprint density at radius 2 is 1.93 bits per heavy atom. The third-order valence-electron chi connectivity index (χ3n) is 5.06. The zero-order valence-corrected chi connectivity index (χ0v) is 15.0. The molecule has 1 atom stereocenters. The molecular formula is C19H18F3N3O3. The van der Waals surface area contributed by atoms with Crippen molar-refractivity contribution in [3.8, 4) is 11.3 Å². The molecule has 1 aliphatic heterocycles. The lowest BCUT2D eigenvalue weighted by Crippen LogP contribution is -2.37. The van der Waals surface area contributed by atoms with Gasteiger partial charge in [-0.2, -0.15) is 13.2 Å². The van der Waals surface area contributed by atoms with Crippen LogP contribution in [-0.4, -0.2) is 40.5 Å². The second-order valence-corrected chi connectivity index (χ2v) is 7.19. The zero-order chi connectivity index (χ0) is 20.1. The smallest absolute Gasteiger partial charge is 0.360 e. The van der Waals surface area contributed by atoms with Crippen LogP contribution in [0.15, 0.2) is 28.8 Å². The average molecular weight is 393 g/mol. The lowest BCUT2D eigenvalue weighted by atomic mass is 10.0. The molecule has 2 aromatic rings. The maximum atomic E-state index is 12.8. The number of hydrogen-bond donors (Lipinski definition) is 1. The first kappa shape index (κ1) is 18.5. The second kappa shape index (κ2) is 6.65. The summed E-state index contributed by atoms with van der Waals surface area (Å²) in [5.41, 5.74) is -0.103. The number of carbonyl (C=O) groups excluding carboxylic acids is 2. The van der Waals surface area contributed by atoms with Crippen LogP contribution in [0.2, 0.25) is 0 Å². The van der Waals surface area contributed by atoms with Crippen LogP contribution in [0, 0.1) is 6.92 Å². The summed E-state index contributed by atoms with van der Waals surface area (Å²) in [6, 6.07) is 4.36. The molecule has 1 aliphatic carbocycles. The maximum absolute atomic E-state index is 12.8. The van der Waals surface area contributed by atoms with Crippen LogP contribution in [0.4, 0.5) is 13.2 Å². The minimum atomic E-state index is -4.44. The van der Waals surface area contributed by atoms with Crippen molar-refractivity contribution in [3.05, 3.63) is 41.2 Å². The summed E-state index contributed by atoms with van der Waals surface area (Å²) < 4.78 is 43.4. The van der Waals surface area contributed by atoms with Gasteiger partial charge in [0.25, 0.3) is 5.91 Å². The first-order valence-electron chi connectivity index (χ1n) is 8.98. The Labute approximate surface area is 158 Å². The molecule has 2 fully saturated rings. The highest BCUT2D eigenvalue weighted by molar-refractivity contribution is 6.01. The van der Waals surface area contributed by atoms with Crippen LogP contribution in [-0.2, 0) is 11.0 Å². The number of nitrogens with one attached hydrogen (secondary N) is 1. The molecule has 1 aromatic carbocycles. The number of aromatic nitrogens is 1. The molecule has 1 unspecified atom stereocenters. The van der Waals surface area contributed by atoms with Gasteiger partial charge in [0.05, 0.1) is 11.6 Å². The van der Waals surface area contributed by atoms with Gasteiger partial charge in [-0.15, -0.1) is 0 Å². The Balaban J connectivity index is 1.53. The summed E-state index contributed by atoms with van der Waals surface area (Å²) in [6.45, 7) is 2.03. The number of likely N-dealkylation sites (tertiary alicyclic amines) is 1. The van der Waals surface area contributed by atoms with E-state index in [9.17, 15) is 22.8 Å². The Morgan fingerprint density at radius 3 is 2.54 bits per heavy atom. The van der Waals surface area contributed by atoms with Gasteiger partial charge in [-0.05, 0) is 31.9 Å². The largest absolute Gasteiger partial charge is 0.416 e. The van der Waals surface area contributed by atoms with E-state index in [1.54, 1.807) is 11.8 Å². The van der Waals surface area contributed by atoms with Crippen molar-refractivity contribution < 1.29 is 27.3 Å². The Hall–Kier alpha value is -2.84. The third-order valence-corrected chi connectivity index (χ3v) is 5.06. The maximum Gasteiger partial charge on any atom is 0.416 e. The molecule has 148 valence electrons. The predicted octanol–water partition coefficient (Wildman–Crippen LogP) is 3.16. The van der Waals surface area contributed by atoms with E-state index >= 15 is 0 Å². The quantitative estimate of drug-likeness (QED) is 0.866. The number of rotatable bonds is 4. The molecule has 1 N–H and O–H groups in total. The predicted molar refractivity (Wildman–Crippen MR) is 92.3 cm³/mol. The topological polar surface area (TPSA) is 75.4 Å². The molecular weight excluding hydrogens is 375 g/mol. The Morgan fingerprint density at radius 1 is 1.25 bits per heavy atom. The first-order valence-corrected chi connectivity index (χ1v) is 8.98. The van der Waals surface area contributed by atoms with Gasteiger partial charge < -0.3 is 14.7 Å². The number of benzene rings is 1. The molecule has 2 heterocycles. The first-order chi connectivity index (χ1) is 13.2. The molecule has 6 nitrogen and oxygen atoms in total. The molecule has 2 aliphatic rings. The van der Waals surface area contributed by atoms with Gasteiger partial charge in [0.15, 0.2) is 0 Å². The monoisotopic (exact) mass is 393 g/mol. The molecule has 1 saturated heterocycles. The number of carbonyl (C=O) groups is 2. The molecule has 0 radical (unpaired) electrons. The van der Waals surface area contributed by atoms with E-state index < -0.39 is 17.6 Å². The highest BCUT2D eigenvalue weighted by Crippen LogP contribution is 2.33. The van der Waals surface area contributed by atoms with Crippen molar-refractivity contribution >= 4 is 11.8 Å². The van der Waals surface area contributed by atoms with E-state index in [0.29, 0.717) is 12.1 Å². The molecule has 0 bridgehead atoms. The van der Waals surface area contributed by atoms with E-state index in [2.05, 4.69) is 10.5 Å². The zero-order valence-electron chi connectivity index (χ0n) is 15.0. The lowest BCUT2D eigenvalue weighted by Gasteiger charge is -2.16. The summed E-state index contributed by atoms with van der Waals surface area (Å²) in [4.78, 5) is 26.6. The SMILES string of the molecule is Cc1onc(-c2ccc(C(F)(F)F)cc2)c1C(=O)NC1CC(=O)N(C2CC2)C1. The van der Waals surface area contributed by atoms with Gasteiger partial charge in [-0.25, -0.2) is 0 Å². The Bertz CT molecular complexity index is 917. The fourth-order valence-corrected chi connectivity index (χ4v) is 3.48. The van der Waals surface area contributed by atoms with Crippen molar-refractivity contribution in [3.63, 3.8) is 0 Å². The summed E-state index contributed by atoms with van der Waals surface area (Å²) in [6.07, 6.45) is -2.21. The average Bonchev–Trinajstić information content (AvgIpc) is 3.30. The molecule has 9 heteroatoms. The van der Waals surface area contributed by atoms with Crippen LogP contribution in [0.25, 0.3) is 11.3 Å². The lowest BCUT2D eigenvalue weighted by molar-refractivity contribution is -0.137. The van der Waals surface area contributed by atoms with Gasteiger partial charge in [-0.1, -0.05) is 17.3 Å².